The van der Waals surface area contributed by atoms with Gasteiger partial charge < -0.3 is 9.84 Å². The number of carbonyl (C=O) groups excluding carboxylic acids is 1. The third kappa shape index (κ3) is 3.96. The second-order valence-corrected chi connectivity index (χ2v) is 2.91. The number of hydrogen-bond donors (Lipinski definition) is 1. The Kier molecular flexibility index (Phi) is 7.54. The number of aliphatic hydroxyl groups excluding tert-OH is 1. The summed E-state index contributed by atoms with van der Waals surface area (Å²) in [6.45, 7) is 1.53. The molecule has 0 heterocycles. The van der Waals surface area contributed by atoms with Crippen LogP contribution in [0, 0.1) is 16.8 Å². The van der Waals surface area contributed by atoms with E-state index < -0.39 is 23.2 Å². The van der Waals surface area contributed by atoms with Crippen LogP contribution in [0.1, 0.15) is 12.5 Å². The molecule has 0 spiro atoms. The van der Waals surface area contributed by atoms with Crippen molar-refractivity contribution in [3.05, 3.63) is 46.3 Å². The van der Waals surface area contributed by atoms with Gasteiger partial charge in [0.25, 0.3) is 0 Å². The Hall–Kier alpha value is -1.14. The van der Waals surface area contributed by atoms with Crippen molar-refractivity contribution in [2.75, 3.05) is 6.61 Å². The van der Waals surface area contributed by atoms with E-state index in [1.54, 1.807) is 0 Å². The molecule has 1 aromatic carbocycles. The Balaban J connectivity index is 0.00000289. The SMILES string of the molecule is CCOC(=O)/C(N=O)=C(/O)c1c[c-]ccc1F.[Y+3]. The number of carbonyl (C=O) groups is 1. The van der Waals surface area contributed by atoms with E-state index in [1.807, 2.05) is 0 Å². The zero-order chi connectivity index (χ0) is 12.8. The molecule has 0 unspecified atom stereocenters. The van der Waals surface area contributed by atoms with E-state index in [0.29, 0.717) is 0 Å². The first-order chi connectivity index (χ1) is 8.11. The largest absolute Gasteiger partial charge is 3.00 e. The molecular formula is C11H9FNO4Y+2. The Morgan fingerprint density at radius 3 is 2.78 bits per heavy atom. The van der Waals surface area contributed by atoms with Crippen molar-refractivity contribution < 1.29 is 51.7 Å². The molecule has 1 aromatic rings. The minimum absolute atomic E-state index is 0. The summed E-state index contributed by atoms with van der Waals surface area (Å²) in [6.07, 6.45) is 0. The fourth-order valence-corrected chi connectivity index (χ4v) is 1.10. The molecule has 18 heavy (non-hydrogen) atoms. The van der Waals surface area contributed by atoms with Crippen molar-refractivity contribution in [3.63, 3.8) is 0 Å². The molecule has 0 aliphatic heterocycles. The third-order valence-corrected chi connectivity index (χ3v) is 1.85. The molecule has 5 nitrogen and oxygen atoms in total. The molecule has 1 N–H and O–H groups in total. The summed E-state index contributed by atoms with van der Waals surface area (Å²) in [4.78, 5) is 21.7. The second kappa shape index (κ2) is 8.05. The van der Waals surface area contributed by atoms with Gasteiger partial charge in [-0.25, -0.2) is 9.18 Å². The summed E-state index contributed by atoms with van der Waals surface area (Å²) >= 11 is 0. The number of nitrogens with zero attached hydrogens (tertiary/aromatic N) is 1. The van der Waals surface area contributed by atoms with Gasteiger partial charge in [0.15, 0.2) is 0 Å². The summed E-state index contributed by atoms with van der Waals surface area (Å²) in [5, 5.41) is 11.9. The molecule has 0 bridgehead atoms. The predicted molar refractivity (Wildman–Crippen MR) is 57.2 cm³/mol. The maximum Gasteiger partial charge on any atom is 3.00 e. The van der Waals surface area contributed by atoms with E-state index in [-0.39, 0.29) is 44.9 Å². The Morgan fingerprint density at radius 1 is 1.61 bits per heavy atom. The van der Waals surface area contributed by atoms with Crippen molar-refractivity contribution in [2.45, 2.75) is 6.92 Å². The summed E-state index contributed by atoms with van der Waals surface area (Å²) < 4.78 is 17.8. The molecule has 0 aliphatic carbocycles. The summed E-state index contributed by atoms with van der Waals surface area (Å²) in [5.41, 5.74) is -1.21. The second-order valence-electron chi connectivity index (χ2n) is 2.91. The fraction of sp³-hybridized carbons (Fsp3) is 0.182. The monoisotopic (exact) mass is 327 g/mol. The van der Waals surface area contributed by atoms with Gasteiger partial charge in [0.1, 0.15) is 5.76 Å². The van der Waals surface area contributed by atoms with Crippen molar-refractivity contribution in [1.82, 2.24) is 0 Å². The van der Waals surface area contributed by atoms with Gasteiger partial charge in [-0.05, 0) is 12.1 Å². The standard InChI is InChI=1S/C11H9FNO4.Y/c1-2-17-11(15)9(13-16)10(14)7-5-3-4-6-8(7)12;/h4-6,14H,2H2,1H3;/q-1;+3/b10-9-;. The number of hydrogen-bond acceptors (Lipinski definition) is 5. The fourth-order valence-electron chi connectivity index (χ4n) is 1.10. The predicted octanol–water partition coefficient (Wildman–Crippen LogP) is 2.18. The van der Waals surface area contributed by atoms with E-state index in [1.165, 1.54) is 13.0 Å². The van der Waals surface area contributed by atoms with E-state index in [2.05, 4.69) is 16.0 Å². The first kappa shape index (κ1) is 16.9. The number of rotatable bonds is 4. The van der Waals surface area contributed by atoms with Crippen LogP contribution < -0.4 is 0 Å². The van der Waals surface area contributed by atoms with Crippen LogP contribution in [0.15, 0.2) is 29.1 Å². The zero-order valence-electron chi connectivity index (χ0n) is 9.51. The van der Waals surface area contributed by atoms with Crippen LogP contribution in [0.4, 0.5) is 4.39 Å². The zero-order valence-corrected chi connectivity index (χ0v) is 12.4. The van der Waals surface area contributed by atoms with Gasteiger partial charge in [0, 0.05) is 5.82 Å². The maximum atomic E-state index is 13.3. The van der Waals surface area contributed by atoms with Crippen LogP contribution in [-0.2, 0) is 42.2 Å². The van der Waals surface area contributed by atoms with E-state index in [4.69, 9.17) is 0 Å². The number of ether oxygens (including phenoxy) is 1. The molecule has 7 heteroatoms. The summed E-state index contributed by atoms with van der Waals surface area (Å²) in [5.74, 6) is -2.78. The average Bonchev–Trinajstić information content (AvgIpc) is 2.30. The van der Waals surface area contributed by atoms with Gasteiger partial charge in [0.2, 0.25) is 5.70 Å². The molecule has 0 atom stereocenters. The first-order valence-corrected chi connectivity index (χ1v) is 4.71. The van der Waals surface area contributed by atoms with Gasteiger partial charge in [0.05, 0.1) is 6.61 Å². The van der Waals surface area contributed by atoms with Gasteiger partial charge in [-0.15, -0.1) is 11.0 Å². The average molecular weight is 327 g/mol. The number of halogens is 1. The van der Waals surface area contributed by atoms with Crippen molar-refractivity contribution in [3.8, 4) is 0 Å². The van der Waals surface area contributed by atoms with Crippen LogP contribution >= 0.6 is 0 Å². The molecular weight excluding hydrogens is 318 g/mol. The van der Waals surface area contributed by atoms with Gasteiger partial charge in [-0.2, -0.15) is 18.2 Å². The van der Waals surface area contributed by atoms with Crippen molar-refractivity contribution in [2.24, 2.45) is 5.18 Å². The topological polar surface area (TPSA) is 76.0 Å². The van der Waals surface area contributed by atoms with Gasteiger partial charge in [-0.3, -0.25) is 0 Å². The normalized spacial score (nSPS) is 11.0. The molecule has 1 rings (SSSR count). The number of nitroso groups, excluding NO2 is 1. The van der Waals surface area contributed by atoms with Crippen LogP contribution in [0.25, 0.3) is 5.76 Å². The molecule has 0 saturated heterocycles. The van der Waals surface area contributed by atoms with Crippen LogP contribution in [0.5, 0.6) is 0 Å². The number of benzene rings is 1. The summed E-state index contributed by atoms with van der Waals surface area (Å²) in [7, 11) is 0. The molecule has 0 saturated carbocycles. The molecule has 0 fully saturated rings. The summed E-state index contributed by atoms with van der Waals surface area (Å²) in [6, 6.07) is 5.90. The van der Waals surface area contributed by atoms with Crippen molar-refractivity contribution >= 4 is 11.7 Å². The molecule has 0 aliphatic rings. The Morgan fingerprint density at radius 2 is 2.28 bits per heavy atom. The van der Waals surface area contributed by atoms with Gasteiger partial charge in [-0.1, -0.05) is 5.56 Å². The first-order valence-electron chi connectivity index (χ1n) is 4.71. The maximum absolute atomic E-state index is 13.3. The van der Waals surface area contributed by atoms with E-state index in [9.17, 15) is 19.2 Å². The minimum Gasteiger partial charge on any atom is -0.517 e. The van der Waals surface area contributed by atoms with E-state index >= 15 is 0 Å². The molecule has 0 amide bonds. The van der Waals surface area contributed by atoms with E-state index in [0.717, 1.165) is 12.1 Å². The molecule has 90 valence electrons. The van der Waals surface area contributed by atoms with Crippen molar-refractivity contribution in [1.29, 1.82) is 0 Å². The molecule has 0 aromatic heterocycles. The quantitative estimate of drug-likeness (QED) is 0.302. The number of esters is 1. The van der Waals surface area contributed by atoms with Gasteiger partial charge >= 0.3 is 38.7 Å². The van der Waals surface area contributed by atoms with Crippen LogP contribution in [-0.4, -0.2) is 17.7 Å². The van der Waals surface area contributed by atoms with Crippen LogP contribution in [0.3, 0.4) is 0 Å². The Labute approximate surface area is 128 Å². The smallest absolute Gasteiger partial charge is 0.517 e. The molecule has 0 radical (unpaired) electrons. The van der Waals surface area contributed by atoms with Crippen LogP contribution in [0.2, 0.25) is 0 Å². The minimum atomic E-state index is -1.11. The Bertz CT molecular complexity index is 476. The third-order valence-electron chi connectivity index (χ3n) is 1.85. The number of aliphatic hydroxyl groups is 1.